The molecule has 0 unspecified atom stereocenters. The van der Waals surface area contributed by atoms with Crippen LogP contribution in [0.15, 0.2) is 18.2 Å². The third kappa shape index (κ3) is 3.13. The molecule has 0 aliphatic rings. The molecule has 71 valence electrons. The molecule has 0 bridgehead atoms. The van der Waals surface area contributed by atoms with Crippen LogP contribution in [-0.4, -0.2) is 6.43 Å². The van der Waals surface area contributed by atoms with Crippen molar-refractivity contribution in [2.24, 2.45) is 0 Å². The Morgan fingerprint density at radius 3 is 2.46 bits per heavy atom. The fraction of sp³-hybridized carbons (Fsp3) is 0.364. The highest BCUT2D eigenvalue weighted by Gasteiger charge is 2.03. The molecule has 0 nitrogen and oxygen atoms in total. The third-order valence-electron chi connectivity index (χ3n) is 2.06. The molecule has 0 saturated heterocycles. The van der Waals surface area contributed by atoms with Gasteiger partial charge < -0.3 is 0 Å². The number of halogens is 2. The molecular weight excluding hydrogens is 170 g/mol. The Hall–Kier alpha value is -0.920. The van der Waals surface area contributed by atoms with Gasteiger partial charge in [0.2, 0.25) is 6.43 Å². The second-order valence-electron chi connectivity index (χ2n) is 3.17. The van der Waals surface area contributed by atoms with Crippen molar-refractivity contribution in [1.29, 1.82) is 0 Å². The van der Waals surface area contributed by atoms with Crippen LogP contribution >= 0.6 is 0 Å². The molecule has 1 rings (SSSR count). The molecule has 13 heavy (non-hydrogen) atoms. The number of aryl methyl sites for hydroxylation is 2. The zero-order chi connectivity index (χ0) is 9.84. The summed E-state index contributed by atoms with van der Waals surface area (Å²) in [6, 6.07) is 5.75. The van der Waals surface area contributed by atoms with Crippen molar-refractivity contribution in [3.63, 3.8) is 0 Å². The number of benzene rings is 1. The minimum absolute atomic E-state index is 0.164. The summed E-state index contributed by atoms with van der Waals surface area (Å²) >= 11 is 0. The predicted octanol–water partition coefficient (Wildman–Crippen LogP) is 3.51. The van der Waals surface area contributed by atoms with Gasteiger partial charge in [0.05, 0.1) is 0 Å². The van der Waals surface area contributed by atoms with Crippen LogP contribution in [0.4, 0.5) is 8.78 Å². The van der Waals surface area contributed by atoms with E-state index in [9.17, 15) is 8.78 Å². The molecular formula is C11H13F2. The molecule has 0 saturated carbocycles. The van der Waals surface area contributed by atoms with Crippen molar-refractivity contribution >= 4 is 0 Å². The van der Waals surface area contributed by atoms with Gasteiger partial charge in [-0.3, -0.25) is 0 Å². The first-order valence-corrected chi connectivity index (χ1v) is 4.28. The molecule has 0 aliphatic carbocycles. The van der Waals surface area contributed by atoms with E-state index < -0.39 is 6.43 Å². The van der Waals surface area contributed by atoms with Gasteiger partial charge in [0.15, 0.2) is 0 Å². The maximum absolute atomic E-state index is 11.9. The van der Waals surface area contributed by atoms with E-state index in [0.717, 1.165) is 11.1 Å². The Labute approximate surface area is 77.6 Å². The zero-order valence-electron chi connectivity index (χ0n) is 7.85. The molecule has 0 atom stereocenters. The number of alkyl halides is 2. The van der Waals surface area contributed by atoms with Crippen LogP contribution in [0.1, 0.15) is 23.1 Å². The standard InChI is InChI=1S/C11H13F2/c1-8-3-4-10(7-9(8)2)5-6-11(12)13/h3-5,7,11H,6H2,1-2H3. The van der Waals surface area contributed by atoms with Crippen LogP contribution < -0.4 is 0 Å². The van der Waals surface area contributed by atoms with Gasteiger partial charge in [0, 0.05) is 6.42 Å². The van der Waals surface area contributed by atoms with Crippen LogP contribution in [0, 0.1) is 20.3 Å². The molecule has 1 radical (unpaired) electrons. The van der Waals surface area contributed by atoms with Gasteiger partial charge in [0.1, 0.15) is 0 Å². The highest BCUT2D eigenvalue weighted by atomic mass is 19.3. The summed E-state index contributed by atoms with van der Waals surface area (Å²) in [6.45, 7) is 3.99. The van der Waals surface area contributed by atoms with E-state index in [2.05, 4.69) is 0 Å². The highest BCUT2D eigenvalue weighted by Crippen LogP contribution is 2.14. The van der Waals surface area contributed by atoms with Crippen molar-refractivity contribution in [2.45, 2.75) is 26.7 Å². The molecule has 0 fully saturated rings. The van der Waals surface area contributed by atoms with Gasteiger partial charge in [-0.15, -0.1) is 0 Å². The summed E-state index contributed by atoms with van der Waals surface area (Å²) in [6.07, 6.45) is -0.846. The highest BCUT2D eigenvalue weighted by molar-refractivity contribution is 5.33. The minimum Gasteiger partial charge on any atom is -0.211 e. The Morgan fingerprint density at radius 1 is 1.23 bits per heavy atom. The monoisotopic (exact) mass is 183 g/mol. The molecule has 2 heteroatoms. The van der Waals surface area contributed by atoms with E-state index in [1.807, 2.05) is 32.0 Å². The zero-order valence-corrected chi connectivity index (χ0v) is 7.85. The average Bonchev–Trinajstić information content (AvgIpc) is 2.07. The molecule has 0 amide bonds. The summed E-state index contributed by atoms with van der Waals surface area (Å²) < 4.78 is 23.7. The summed E-state index contributed by atoms with van der Waals surface area (Å²) in [5.74, 6) is 0. The number of hydrogen-bond donors (Lipinski definition) is 0. The largest absolute Gasteiger partial charge is 0.239 e. The van der Waals surface area contributed by atoms with E-state index in [1.54, 1.807) is 6.42 Å². The molecule has 0 aromatic heterocycles. The fourth-order valence-electron chi connectivity index (χ4n) is 1.12. The van der Waals surface area contributed by atoms with Gasteiger partial charge in [0.25, 0.3) is 0 Å². The number of rotatable bonds is 3. The Kier molecular flexibility index (Phi) is 3.40. The van der Waals surface area contributed by atoms with Crippen LogP contribution in [0.25, 0.3) is 0 Å². The Morgan fingerprint density at radius 2 is 1.92 bits per heavy atom. The summed E-state index contributed by atoms with van der Waals surface area (Å²) in [5.41, 5.74) is 3.21. The summed E-state index contributed by atoms with van der Waals surface area (Å²) in [4.78, 5) is 0. The first-order chi connectivity index (χ1) is 6.09. The normalized spacial score (nSPS) is 10.8. The van der Waals surface area contributed by atoms with E-state index in [-0.39, 0.29) is 6.42 Å². The predicted molar refractivity (Wildman–Crippen MR) is 49.9 cm³/mol. The summed E-state index contributed by atoms with van der Waals surface area (Å²) in [7, 11) is 0. The topological polar surface area (TPSA) is 0 Å². The van der Waals surface area contributed by atoms with Gasteiger partial charge in [-0.25, -0.2) is 8.78 Å². The fourth-order valence-corrected chi connectivity index (χ4v) is 1.12. The molecule has 0 spiro atoms. The lowest BCUT2D eigenvalue weighted by atomic mass is 10.0. The lowest BCUT2D eigenvalue weighted by Crippen LogP contribution is -1.93. The van der Waals surface area contributed by atoms with E-state index in [0.29, 0.717) is 0 Å². The van der Waals surface area contributed by atoms with Crippen molar-refractivity contribution < 1.29 is 8.78 Å². The molecule has 1 aromatic rings. The van der Waals surface area contributed by atoms with Crippen molar-refractivity contribution in [1.82, 2.24) is 0 Å². The van der Waals surface area contributed by atoms with Crippen molar-refractivity contribution in [3.05, 3.63) is 41.3 Å². The average molecular weight is 183 g/mol. The van der Waals surface area contributed by atoms with Crippen LogP contribution in [0.2, 0.25) is 0 Å². The first kappa shape index (κ1) is 10.2. The molecule has 1 aromatic carbocycles. The smallest absolute Gasteiger partial charge is 0.211 e. The van der Waals surface area contributed by atoms with Crippen LogP contribution in [0.3, 0.4) is 0 Å². The first-order valence-electron chi connectivity index (χ1n) is 4.28. The lowest BCUT2D eigenvalue weighted by molar-refractivity contribution is 0.148. The van der Waals surface area contributed by atoms with E-state index in [1.165, 1.54) is 5.56 Å². The Bertz CT molecular complexity index is 279. The number of hydrogen-bond acceptors (Lipinski definition) is 0. The SMILES string of the molecule is Cc1ccc([CH]CC(F)F)cc1C. The minimum atomic E-state index is -2.25. The van der Waals surface area contributed by atoms with Gasteiger partial charge in [-0.1, -0.05) is 18.2 Å². The van der Waals surface area contributed by atoms with Gasteiger partial charge in [-0.05, 0) is 37.0 Å². The van der Waals surface area contributed by atoms with Gasteiger partial charge in [-0.2, -0.15) is 0 Å². The maximum Gasteiger partial charge on any atom is 0.239 e. The summed E-state index contributed by atoms with van der Waals surface area (Å²) in [5, 5.41) is 0. The third-order valence-corrected chi connectivity index (χ3v) is 2.06. The molecule has 0 N–H and O–H groups in total. The van der Waals surface area contributed by atoms with Crippen LogP contribution in [-0.2, 0) is 0 Å². The quantitative estimate of drug-likeness (QED) is 0.672. The molecule has 0 heterocycles. The Balaban J connectivity index is 2.63. The van der Waals surface area contributed by atoms with Crippen molar-refractivity contribution in [3.8, 4) is 0 Å². The lowest BCUT2D eigenvalue weighted by Gasteiger charge is -2.04. The van der Waals surface area contributed by atoms with Crippen molar-refractivity contribution in [2.75, 3.05) is 0 Å². The van der Waals surface area contributed by atoms with E-state index in [4.69, 9.17) is 0 Å². The maximum atomic E-state index is 11.9. The van der Waals surface area contributed by atoms with E-state index >= 15 is 0 Å². The van der Waals surface area contributed by atoms with Gasteiger partial charge >= 0.3 is 0 Å². The van der Waals surface area contributed by atoms with Crippen LogP contribution in [0.5, 0.6) is 0 Å². The second kappa shape index (κ2) is 4.35. The second-order valence-corrected chi connectivity index (χ2v) is 3.17. The molecule has 0 aliphatic heterocycles.